The van der Waals surface area contributed by atoms with E-state index in [1.165, 1.54) is 0 Å². The summed E-state index contributed by atoms with van der Waals surface area (Å²) in [6, 6.07) is 5.32. The highest BCUT2D eigenvalue weighted by Crippen LogP contribution is 2.21. The lowest BCUT2D eigenvalue weighted by Gasteiger charge is -2.31. The van der Waals surface area contributed by atoms with Crippen molar-refractivity contribution in [3.05, 3.63) is 24.1 Å². The average Bonchev–Trinajstić information content (AvgIpc) is 2.86. The molecule has 0 bridgehead atoms. The van der Waals surface area contributed by atoms with Gasteiger partial charge in [-0.15, -0.1) is 0 Å². The number of benzene rings is 1. The van der Waals surface area contributed by atoms with Crippen LogP contribution >= 0.6 is 0 Å². The van der Waals surface area contributed by atoms with Crippen LogP contribution in [0, 0.1) is 12.8 Å². The van der Waals surface area contributed by atoms with Crippen molar-refractivity contribution < 1.29 is 14.3 Å². The number of likely N-dealkylation sites (tertiary alicyclic amines) is 1. The third-order valence-corrected chi connectivity index (χ3v) is 3.91. The van der Waals surface area contributed by atoms with Crippen LogP contribution in [-0.4, -0.2) is 40.7 Å². The van der Waals surface area contributed by atoms with Gasteiger partial charge in [0.1, 0.15) is 5.52 Å². The first-order valence-corrected chi connectivity index (χ1v) is 7.19. The molecule has 6 heteroatoms. The van der Waals surface area contributed by atoms with Crippen LogP contribution in [0.3, 0.4) is 0 Å². The molecule has 2 N–H and O–H groups in total. The number of hydrogen-bond acceptors (Lipinski definition) is 4. The number of anilines is 1. The number of carbonyl (C=O) groups excluding carboxylic acids is 1. The van der Waals surface area contributed by atoms with E-state index in [0.29, 0.717) is 36.2 Å². The molecule has 1 aromatic carbocycles. The molecule has 1 aliphatic rings. The number of aromatic nitrogens is 1. The number of urea groups is 1. The Morgan fingerprint density at radius 3 is 2.95 bits per heavy atom. The molecular formula is C15H19N3O3. The first-order valence-electron chi connectivity index (χ1n) is 7.19. The van der Waals surface area contributed by atoms with Crippen molar-refractivity contribution in [1.29, 1.82) is 0 Å². The molecule has 3 rings (SSSR count). The number of amides is 2. The standard InChI is InChI=1S/C15H19N3O3/c1-10-16-13-8-12(2-3-14(13)21-10)17-15(20)18-6-4-11(9-19)5-7-18/h2-3,8,11,19H,4-7,9H2,1H3,(H,17,20). The third kappa shape index (κ3) is 3.00. The molecule has 112 valence electrons. The first kappa shape index (κ1) is 13.9. The SMILES string of the molecule is Cc1nc2cc(NC(=O)N3CCC(CO)CC3)ccc2o1. The number of fused-ring (bicyclic) bond motifs is 1. The van der Waals surface area contributed by atoms with E-state index in [0.717, 1.165) is 18.4 Å². The smallest absolute Gasteiger partial charge is 0.321 e. The van der Waals surface area contributed by atoms with Crippen molar-refractivity contribution in [3.8, 4) is 0 Å². The summed E-state index contributed by atoms with van der Waals surface area (Å²) >= 11 is 0. The number of nitrogens with zero attached hydrogens (tertiary/aromatic N) is 2. The fourth-order valence-corrected chi connectivity index (χ4v) is 2.64. The lowest BCUT2D eigenvalue weighted by Crippen LogP contribution is -2.41. The Labute approximate surface area is 122 Å². The van der Waals surface area contributed by atoms with Crippen molar-refractivity contribution in [2.45, 2.75) is 19.8 Å². The van der Waals surface area contributed by atoms with E-state index >= 15 is 0 Å². The highest BCUT2D eigenvalue weighted by Gasteiger charge is 2.22. The van der Waals surface area contributed by atoms with E-state index in [9.17, 15) is 4.79 Å². The van der Waals surface area contributed by atoms with Crippen molar-refractivity contribution >= 4 is 22.8 Å². The van der Waals surface area contributed by atoms with Crippen LogP contribution in [0.25, 0.3) is 11.1 Å². The quantitative estimate of drug-likeness (QED) is 0.889. The highest BCUT2D eigenvalue weighted by atomic mass is 16.3. The molecule has 0 aliphatic carbocycles. The number of rotatable bonds is 2. The van der Waals surface area contributed by atoms with Gasteiger partial charge in [-0.1, -0.05) is 0 Å². The predicted molar refractivity (Wildman–Crippen MR) is 79.1 cm³/mol. The van der Waals surface area contributed by atoms with Gasteiger partial charge in [0.2, 0.25) is 0 Å². The van der Waals surface area contributed by atoms with Crippen LogP contribution in [0.5, 0.6) is 0 Å². The van der Waals surface area contributed by atoms with Gasteiger partial charge in [-0.05, 0) is 37.0 Å². The summed E-state index contributed by atoms with van der Waals surface area (Å²) < 4.78 is 5.41. The van der Waals surface area contributed by atoms with Crippen LogP contribution < -0.4 is 5.32 Å². The second-order valence-electron chi connectivity index (χ2n) is 5.46. The van der Waals surface area contributed by atoms with Crippen LogP contribution in [0.4, 0.5) is 10.5 Å². The van der Waals surface area contributed by atoms with Crippen LogP contribution in [0.1, 0.15) is 18.7 Å². The van der Waals surface area contributed by atoms with Crippen molar-refractivity contribution in [3.63, 3.8) is 0 Å². The Hall–Kier alpha value is -2.08. The molecule has 21 heavy (non-hydrogen) atoms. The minimum Gasteiger partial charge on any atom is -0.441 e. The van der Waals surface area contributed by atoms with E-state index in [1.807, 2.05) is 18.2 Å². The second kappa shape index (κ2) is 5.73. The van der Waals surface area contributed by atoms with Crippen molar-refractivity contribution in [2.24, 2.45) is 5.92 Å². The van der Waals surface area contributed by atoms with Gasteiger partial charge >= 0.3 is 6.03 Å². The molecule has 0 unspecified atom stereocenters. The van der Waals surface area contributed by atoms with E-state index in [-0.39, 0.29) is 12.6 Å². The Morgan fingerprint density at radius 2 is 2.24 bits per heavy atom. The maximum atomic E-state index is 12.2. The molecule has 2 amide bonds. The number of aryl methyl sites for hydroxylation is 1. The Kier molecular flexibility index (Phi) is 3.79. The third-order valence-electron chi connectivity index (χ3n) is 3.91. The molecule has 2 aromatic rings. The molecule has 0 saturated carbocycles. The number of nitrogens with one attached hydrogen (secondary N) is 1. The molecular weight excluding hydrogens is 270 g/mol. The zero-order valence-electron chi connectivity index (χ0n) is 12.0. The van der Waals surface area contributed by atoms with E-state index in [4.69, 9.17) is 9.52 Å². The van der Waals surface area contributed by atoms with Gasteiger partial charge in [0.15, 0.2) is 11.5 Å². The molecule has 0 atom stereocenters. The summed E-state index contributed by atoms with van der Waals surface area (Å²) in [5.41, 5.74) is 2.17. The minimum absolute atomic E-state index is 0.106. The topological polar surface area (TPSA) is 78.6 Å². The number of carbonyl (C=O) groups is 1. The van der Waals surface area contributed by atoms with Gasteiger partial charge < -0.3 is 19.7 Å². The highest BCUT2D eigenvalue weighted by molar-refractivity contribution is 5.91. The fourth-order valence-electron chi connectivity index (χ4n) is 2.64. The van der Waals surface area contributed by atoms with Crippen LogP contribution in [0.2, 0.25) is 0 Å². The zero-order chi connectivity index (χ0) is 14.8. The largest absolute Gasteiger partial charge is 0.441 e. The Balaban J connectivity index is 1.65. The number of aliphatic hydroxyl groups is 1. The number of hydrogen-bond donors (Lipinski definition) is 2. The number of oxazole rings is 1. The van der Waals surface area contributed by atoms with Gasteiger partial charge in [-0.25, -0.2) is 9.78 Å². The summed E-state index contributed by atoms with van der Waals surface area (Å²) in [7, 11) is 0. The maximum absolute atomic E-state index is 12.2. The van der Waals surface area contributed by atoms with E-state index in [1.54, 1.807) is 11.8 Å². The molecule has 1 aliphatic heterocycles. The summed E-state index contributed by atoms with van der Waals surface area (Å²) in [6.45, 7) is 3.37. The molecule has 2 heterocycles. The molecule has 6 nitrogen and oxygen atoms in total. The normalized spacial score (nSPS) is 16.4. The van der Waals surface area contributed by atoms with Crippen molar-refractivity contribution in [2.75, 3.05) is 25.0 Å². The number of piperidine rings is 1. The summed E-state index contributed by atoms with van der Waals surface area (Å²) in [4.78, 5) is 18.2. The van der Waals surface area contributed by atoms with Crippen molar-refractivity contribution in [1.82, 2.24) is 9.88 Å². The lowest BCUT2D eigenvalue weighted by atomic mass is 9.98. The summed E-state index contributed by atoms with van der Waals surface area (Å²) in [5, 5.41) is 12.0. The number of aliphatic hydroxyl groups excluding tert-OH is 1. The molecule has 1 aromatic heterocycles. The predicted octanol–water partition coefficient (Wildman–Crippen LogP) is 2.37. The molecule has 1 fully saturated rings. The maximum Gasteiger partial charge on any atom is 0.321 e. The molecule has 0 radical (unpaired) electrons. The second-order valence-corrected chi connectivity index (χ2v) is 5.46. The first-order chi connectivity index (χ1) is 10.2. The van der Waals surface area contributed by atoms with Gasteiger partial charge in [0.05, 0.1) is 0 Å². The van der Waals surface area contributed by atoms with Gasteiger partial charge in [0.25, 0.3) is 0 Å². The zero-order valence-corrected chi connectivity index (χ0v) is 12.0. The Bertz CT molecular complexity index is 645. The molecule has 1 saturated heterocycles. The summed E-state index contributed by atoms with van der Waals surface area (Å²) in [5.74, 6) is 0.933. The fraction of sp³-hybridized carbons (Fsp3) is 0.467. The van der Waals surface area contributed by atoms with Crippen LogP contribution in [0.15, 0.2) is 22.6 Å². The van der Waals surface area contributed by atoms with Gasteiger partial charge in [-0.2, -0.15) is 0 Å². The Morgan fingerprint density at radius 1 is 1.48 bits per heavy atom. The van der Waals surface area contributed by atoms with E-state index in [2.05, 4.69) is 10.3 Å². The van der Waals surface area contributed by atoms with Gasteiger partial charge in [0, 0.05) is 32.3 Å². The van der Waals surface area contributed by atoms with Crippen LogP contribution in [-0.2, 0) is 0 Å². The monoisotopic (exact) mass is 289 g/mol. The lowest BCUT2D eigenvalue weighted by molar-refractivity contribution is 0.143. The van der Waals surface area contributed by atoms with Gasteiger partial charge in [-0.3, -0.25) is 0 Å². The minimum atomic E-state index is -0.106. The average molecular weight is 289 g/mol. The van der Waals surface area contributed by atoms with E-state index < -0.39 is 0 Å². The summed E-state index contributed by atoms with van der Waals surface area (Å²) in [6.07, 6.45) is 1.71. The molecule has 0 spiro atoms.